The highest BCUT2D eigenvalue weighted by molar-refractivity contribution is 5.38. The quantitative estimate of drug-likeness (QED) is 0.837. The number of nitrogens with zero attached hydrogens (tertiary/aromatic N) is 3. The van der Waals surface area contributed by atoms with Gasteiger partial charge in [0.15, 0.2) is 5.82 Å². The van der Waals surface area contributed by atoms with E-state index in [2.05, 4.69) is 15.2 Å². The van der Waals surface area contributed by atoms with Crippen LogP contribution in [0.5, 0.6) is 0 Å². The summed E-state index contributed by atoms with van der Waals surface area (Å²) in [6.07, 6.45) is 6.03. The summed E-state index contributed by atoms with van der Waals surface area (Å²) in [7, 11) is 0. The third-order valence-corrected chi connectivity index (χ3v) is 4.44. The summed E-state index contributed by atoms with van der Waals surface area (Å²) in [6.45, 7) is 9.09. The zero-order valence-corrected chi connectivity index (χ0v) is 12.6. The predicted molar refractivity (Wildman–Crippen MR) is 80.2 cm³/mol. The fourth-order valence-corrected chi connectivity index (χ4v) is 3.37. The normalized spacial score (nSPS) is 26.6. The molecule has 0 saturated carbocycles. The maximum absolute atomic E-state index is 12.6. The van der Waals surface area contributed by atoms with Crippen molar-refractivity contribution in [3.63, 3.8) is 0 Å². The van der Waals surface area contributed by atoms with E-state index in [1.807, 2.05) is 20.8 Å². The second-order valence-electron chi connectivity index (χ2n) is 6.96. The van der Waals surface area contributed by atoms with Crippen molar-refractivity contribution in [3.05, 3.63) is 22.7 Å². The van der Waals surface area contributed by atoms with Crippen LogP contribution in [-0.2, 0) is 5.54 Å². The average molecular weight is 276 g/mol. The Labute approximate surface area is 120 Å². The Hall–Kier alpha value is -1.36. The van der Waals surface area contributed by atoms with Crippen LogP contribution in [0.15, 0.2) is 17.2 Å². The third kappa shape index (κ3) is 2.35. The Morgan fingerprint density at radius 1 is 1.35 bits per heavy atom. The first kappa shape index (κ1) is 13.6. The molecule has 0 spiro atoms. The Kier molecular flexibility index (Phi) is 3.32. The maximum Gasteiger partial charge on any atom is 0.293 e. The predicted octanol–water partition coefficient (Wildman–Crippen LogP) is 1.19. The van der Waals surface area contributed by atoms with Crippen LogP contribution in [0.1, 0.15) is 33.6 Å². The molecule has 2 fully saturated rings. The Bertz CT molecular complexity index is 532. The van der Waals surface area contributed by atoms with Crippen molar-refractivity contribution < 1.29 is 0 Å². The molecule has 3 rings (SSSR count). The van der Waals surface area contributed by atoms with E-state index in [0.717, 1.165) is 19.6 Å². The lowest BCUT2D eigenvalue weighted by Gasteiger charge is -2.24. The Balaban J connectivity index is 1.90. The summed E-state index contributed by atoms with van der Waals surface area (Å²) in [5.41, 5.74) is -0.182. The molecule has 0 aromatic carbocycles. The lowest BCUT2D eigenvalue weighted by atomic mass is 9.94. The van der Waals surface area contributed by atoms with E-state index in [4.69, 9.17) is 0 Å². The largest absolute Gasteiger partial charge is 0.350 e. The van der Waals surface area contributed by atoms with Gasteiger partial charge in [-0.1, -0.05) is 0 Å². The number of nitrogens with one attached hydrogen (secondary N) is 1. The number of hydrogen-bond donors (Lipinski definition) is 1. The molecule has 0 bridgehead atoms. The first-order chi connectivity index (χ1) is 9.47. The van der Waals surface area contributed by atoms with Crippen LogP contribution in [0.3, 0.4) is 0 Å². The molecule has 2 aliphatic heterocycles. The number of piperidine rings is 1. The molecule has 1 N–H and O–H groups in total. The molecular formula is C15H24N4O. The highest BCUT2D eigenvalue weighted by Gasteiger charge is 2.36. The van der Waals surface area contributed by atoms with Gasteiger partial charge in [0.05, 0.1) is 0 Å². The maximum atomic E-state index is 12.6. The van der Waals surface area contributed by atoms with Gasteiger partial charge in [0, 0.05) is 37.1 Å². The average Bonchev–Trinajstić information content (AvgIpc) is 2.81. The molecule has 0 amide bonds. The van der Waals surface area contributed by atoms with Crippen molar-refractivity contribution >= 4 is 5.82 Å². The minimum Gasteiger partial charge on any atom is -0.350 e. The molecule has 110 valence electrons. The zero-order chi connectivity index (χ0) is 14.3. The molecule has 2 aliphatic rings. The van der Waals surface area contributed by atoms with Crippen LogP contribution in [0, 0.1) is 5.92 Å². The van der Waals surface area contributed by atoms with E-state index in [-0.39, 0.29) is 11.1 Å². The summed E-state index contributed by atoms with van der Waals surface area (Å²) in [4.78, 5) is 19.2. The summed E-state index contributed by atoms with van der Waals surface area (Å²) < 4.78 is 1.78. The second-order valence-corrected chi connectivity index (χ2v) is 6.96. The van der Waals surface area contributed by atoms with Gasteiger partial charge < -0.3 is 14.8 Å². The van der Waals surface area contributed by atoms with Gasteiger partial charge in [0.25, 0.3) is 5.56 Å². The van der Waals surface area contributed by atoms with Crippen LogP contribution < -0.4 is 15.8 Å². The molecule has 0 radical (unpaired) electrons. The molecule has 5 nitrogen and oxygen atoms in total. The fourth-order valence-electron chi connectivity index (χ4n) is 3.37. The van der Waals surface area contributed by atoms with E-state index in [0.29, 0.717) is 17.8 Å². The smallest absolute Gasteiger partial charge is 0.293 e. The summed E-state index contributed by atoms with van der Waals surface area (Å²) in [5.74, 6) is 1.27. The highest BCUT2D eigenvalue weighted by Crippen LogP contribution is 2.26. The van der Waals surface area contributed by atoms with Crippen LogP contribution in [0.2, 0.25) is 0 Å². The SMILES string of the molecule is CC(C)(C)n1ccnc(N2C[C@@H]3CCCN[C@@H]3C2)c1=O. The monoisotopic (exact) mass is 276 g/mol. The van der Waals surface area contributed by atoms with Gasteiger partial charge in [-0.2, -0.15) is 0 Å². The molecular weight excluding hydrogens is 252 g/mol. The van der Waals surface area contributed by atoms with Gasteiger partial charge >= 0.3 is 0 Å². The molecule has 1 aromatic heterocycles. The van der Waals surface area contributed by atoms with Crippen molar-refractivity contribution in [1.29, 1.82) is 0 Å². The standard InChI is InChI=1S/C15H24N4O/c1-15(2,3)19-8-7-17-13(14(19)20)18-9-11-5-4-6-16-12(11)10-18/h7-8,11-12,16H,4-6,9-10H2,1-3H3/t11-,12+/m0/s1. The zero-order valence-electron chi connectivity index (χ0n) is 12.6. The molecule has 0 aliphatic carbocycles. The Morgan fingerprint density at radius 3 is 2.85 bits per heavy atom. The van der Waals surface area contributed by atoms with Gasteiger partial charge in [-0.3, -0.25) is 4.79 Å². The lowest BCUT2D eigenvalue weighted by molar-refractivity contribution is 0.340. The van der Waals surface area contributed by atoms with Gasteiger partial charge in [0.2, 0.25) is 0 Å². The van der Waals surface area contributed by atoms with E-state index < -0.39 is 0 Å². The summed E-state index contributed by atoms with van der Waals surface area (Å²) in [6, 6.07) is 0.522. The minimum atomic E-state index is -0.209. The number of aromatic nitrogens is 2. The number of fused-ring (bicyclic) bond motifs is 1. The topological polar surface area (TPSA) is 50.2 Å². The van der Waals surface area contributed by atoms with Crippen molar-refractivity contribution in [2.24, 2.45) is 5.92 Å². The van der Waals surface area contributed by atoms with Crippen molar-refractivity contribution in [1.82, 2.24) is 14.9 Å². The lowest BCUT2D eigenvalue weighted by Crippen LogP contribution is -2.41. The first-order valence-corrected chi connectivity index (χ1v) is 7.53. The van der Waals surface area contributed by atoms with Crippen molar-refractivity contribution in [2.75, 3.05) is 24.5 Å². The van der Waals surface area contributed by atoms with Crippen molar-refractivity contribution in [3.8, 4) is 0 Å². The van der Waals surface area contributed by atoms with Crippen LogP contribution >= 0.6 is 0 Å². The van der Waals surface area contributed by atoms with E-state index in [9.17, 15) is 4.79 Å². The molecule has 20 heavy (non-hydrogen) atoms. The van der Waals surface area contributed by atoms with Crippen LogP contribution in [0.25, 0.3) is 0 Å². The molecule has 2 saturated heterocycles. The number of anilines is 1. The molecule has 2 atom stereocenters. The number of rotatable bonds is 1. The van der Waals surface area contributed by atoms with Crippen LogP contribution in [0.4, 0.5) is 5.82 Å². The molecule has 3 heterocycles. The minimum absolute atomic E-state index is 0.0265. The molecule has 5 heteroatoms. The Morgan fingerprint density at radius 2 is 2.15 bits per heavy atom. The fraction of sp³-hybridized carbons (Fsp3) is 0.733. The molecule has 1 aromatic rings. The van der Waals surface area contributed by atoms with Gasteiger partial charge in [0.1, 0.15) is 0 Å². The van der Waals surface area contributed by atoms with E-state index >= 15 is 0 Å². The highest BCUT2D eigenvalue weighted by atomic mass is 16.1. The summed E-state index contributed by atoms with van der Waals surface area (Å²) in [5, 5.41) is 3.57. The second kappa shape index (κ2) is 4.88. The van der Waals surface area contributed by atoms with Crippen molar-refractivity contribution in [2.45, 2.75) is 45.2 Å². The van der Waals surface area contributed by atoms with Crippen LogP contribution in [-0.4, -0.2) is 35.2 Å². The number of hydrogen-bond acceptors (Lipinski definition) is 4. The van der Waals surface area contributed by atoms with Gasteiger partial charge in [-0.25, -0.2) is 4.98 Å². The third-order valence-electron chi connectivity index (χ3n) is 4.44. The molecule has 0 unspecified atom stereocenters. The van der Waals surface area contributed by atoms with E-state index in [1.165, 1.54) is 12.8 Å². The summed E-state index contributed by atoms with van der Waals surface area (Å²) >= 11 is 0. The van der Waals surface area contributed by atoms with Gasteiger partial charge in [-0.15, -0.1) is 0 Å². The van der Waals surface area contributed by atoms with E-state index in [1.54, 1.807) is 17.0 Å². The first-order valence-electron chi connectivity index (χ1n) is 7.53. The van der Waals surface area contributed by atoms with Gasteiger partial charge in [-0.05, 0) is 46.1 Å².